The third-order valence-corrected chi connectivity index (χ3v) is 4.55. The van der Waals surface area contributed by atoms with E-state index in [1.807, 2.05) is 0 Å². The van der Waals surface area contributed by atoms with Gasteiger partial charge in [0.05, 0.1) is 23.8 Å². The van der Waals surface area contributed by atoms with Crippen LogP contribution in [0.3, 0.4) is 0 Å². The summed E-state index contributed by atoms with van der Waals surface area (Å²) in [5.41, 5.74) is 0.780. The molecular formula is C26H22O9. The molecule has 180 valence electrons. The first kappa shape index (κ1) is 25.0. The van der Waals surface area contributed by atoms with Crippen LogP contribution in [0.1, 0.15) is 31.1 Å². The van der Waals surface area contributed by atoms with Gasteiger partial charge < -0.3 is 23.7 Å². The van der Waals surface area contributed by atoms with Crippen molar-refractivity contribution in [3.63, 3.8) is 0 Å². The molecule has 3 aromatic carbocycles. The van der Waals surface area contributed by atoms with Crippen molar-refractivity contribution in [1.82, 2.24) is 0 Å². The van der Waals surface area contributed by atoms with Crippen LogP contribution in [0.5, 0.6) is 5.75 Å². The van der Waals surface area contributed by atoms with Crippen molar-refractivity contribution in [3.8, 4) is 5.75 Å². The highest BCUT2D eigenvalue weighted by Crippen LogP contribution is 2.14. The first-order valence-electron chi connectivity index (χ1n) is 10.5. The molecule has 0 aliphatic rings. The van der Waals surface area contributed by atoms with Crippen molar-refractivity contribution in [2.45, 2.75) is 6.10 Å². The molecule has 35 heavy (non-hydrogen) atoms. The number of rotatable bonds is 9. The number of ether oxygens (including phenoxy) is 5. The first-order valence-corrected chi connectivity index (χ1v) is 10.5. The molecule has 1 unspecified atom stereocenters. The van der Waals surface area contributed by atoms with Gasteiger partial charge in [-0.05, 0) is 48.5 Å². The lowest BCUT2D eigenvalue weighted by molar-refractivity contribution is -0.0253. The summed E-state index contributed by atoms with van der Waals surface area (Å²) >= 11 is 0. The Bertz CT molecular complexity index is 1140. The highest BCUT2D eigenvalue weighted by molar-refractivity contribution is 5.91. The molecule has 0 bridgehead atoms. The zero-order valence-corrected chi connectivity index (χ0v) is 18.7. The molecule has 3 aromatic rings. The topological polar surface area (TPSA) is 114 Å². The molecule has 0 amide bonds. The van der Waals surface area contributed by atoms with E-state index < -0.39 is 30.2 Å². The number of benzene rings is 3. The molecule has 0 heterocycles. The molecule has 0 fully saturated rings. The zero-order chi connectivity index (χ0) is 25.0. The van der Waals surface area contributed by atoms with Crippen LogP contribution >= 0.6 is 0 Å². The standard InChI is InChI=1S/C26H22O9/c1-31-26(30)35-21-14-12-20(13-15-21)24(28)33-17-22(34-25(29)19-10-6-3-7-11-19)16-32-23(27)18-8-4-2-5-9-18/h2-15,22H,16-17H2,1H3. The van der Waals surface area contributed by atoms with E-state index in [9.17, 15) is 19.2 Å². The van der Waals surface area contributed by atoms with Crippen LogP contribution in [0.15, 0.2) is 84.9 Å². The van der Waals surface area contributed by atoms with Gasteiger partial charge in [0.1, 0.15) is 19.0 Å². The molecule has 1 atom stereocenters. The van der Waals surface area contributed by atoms with Gasteiger partial charge in [0.2, 0.25) is 0 Å². The van der Waals surface area contributed by atoms with Crippen LogP contribution in [0, 0.1) is 0 Å². The number of hydrogen-bond donors (Lipinski definition) is 0. The monoisotopic (exact) mass is 478 g/mol. The molecule has 0 radical (unpaired) electrons. The predicted molar refractivity (Wildman–Crippen MR) is 122 cm³/mol. The minimum atomic E-state index is -1.05. The molecular weight excluding hydrogens is 456 g/mol. The van der Waals surface area contributed by atoms with Gasteiger partial charge in [0.25, 0.3) is 0 Å². The van der Waals surface area contributed by atoms with Crippen LogP contribution in [0.2, 0.25) is 0 Å². The fourth-order valence-corrected chi connectivity index (χ4v) is 2.78. The maximum atomic E-state index is 12.5. The lowest BCUT2D eigenvalue weighted by atomic mass is 10.2. The largest absolute Gasteiger partial charge is 0.513 e. The summed E-state index contributed by atoms with van der Waals surface area (Å²) in [4.78, 5) is 48.4. The van der Waals surface area contributed by atoms with Crippen molar-refractivity contribution in [2.24, 2.45) is 0 Å². The van der Waals surface area contributed by atoms with E-state index in [0.29, 0.717) is 11.1 Å². The second-order valence-corrected chi connectivity index (χ2v) is 7.04. The second kappa shape index (κ2) is 12.5. The Morgan fingerprint density at radius 2 is 1.09 bits per heavy atom. The van der Waals surface area contributed by atoms with Crippen LogP contribution in [-0.4, -0.2) is 50.5 Å². The number of methoxy groups -OCH3 is 1. The normalized spacial score (nSPS) is 11.0. The van der Waals surface area contributed by atoms with Gasteiger partial charge in [-0.1, -0.05) is 36.4 Å². The van der Waals surface area contributed by atoms with Gasteiger partial charge in [-0.15, -0.1) is 0 Å². The molecule has 0 spiro atoms. The van der Waals surface area contributed by atoms with Gasteiger partial charge >= 0.3 is 24.1 Å². The number of hydrogen-bond acceptors (Lipinski definition) is 9. The maximum Gasteiger partial charge on any atom is 0.513 e. The molecule has 0 aliphatic carbocycles. The third-order valence-electron chi connectivity index (χ3n) is 4.55. The minimum Gasteiger partial charge on any atom is -0.458 e. The average Bonchev–Trinajstić information content (AvgIpc) is 2.91. The van der Waals surface area contributed by atoms with Gasteiger partial charge in [-0.2, -0.15) is 0 Å². The molecule has 9 heteroatoms. The minimum absolute atomic E-state index is 0.164. The molecule has 9 nitrogen and oxygen atoms in total. The molecule has 0 saturated heterocycles. The fraction of sp³-hybridized carbons (Fsp3) is 0.154. The average molecular weight is 478 g/mol. The third kappa shape index (κ3) is 7.71. The Hall–Kier alpha value is -4.66. The van der Waals surface area contributed by atoms with Crippen LogP contribution in [0.25, 0.3) is 0 Å². The molecule has 0 saturated carbocycles. The zero-order valence-electron chi connectivity index (χ0n) is 18.7. The Labute approximate surface area is 201 Å². The van der Waals surface area contributed by atoms with E-state index >= 15 is 0 Å². The van der Waals surface area contributed by atoms with E-state index in [4.69, 9.17) is 18.9 Å². The lowest BCUT2D eigenvalue weighted by Crippen LogP contribution is -2.31. The predicted octanol–water partition coefficient (Wildman–Crippen LogP) is 4.07. The van der Waals surface area contributed by atoms with E-state index in [1.54, 1.807) is 60.7 Å². The second-order valence-electron chi connectivity index (χ2n) is 7.04. The number of esters is 3. The fourth-order valence-electron chi connectivity index (χ4n) is 2.78. The van der Waals surface area contributed by atoms with Gasteiger partial charge in [-0.3, -0.25) is 0 Å². The quantitative estimate of drug-likeness (QED) is 0.255. The van der Waals surface area contributed by atoms with Gasteiger partial charge in [0.15, 0.2) is 6.10 Å². The van der Waals surface area contributed by atoms with Crippen molar-refractivity contribution >= 4 is 24.1 Å². The van der Waals surface area contributed by atoms with E-state index in [2.05, 4.69) is 4.74 Å². The molecule has 0 aromatic heterocycles. The van der Waals surface area contributed by atoms with Crippen LogP contribution in [-0.2, 0) is 18.9 Å². The van der Waals surface area contributed by atoms with Gasteiger partial charge in [0, 0.05) is 0 Å². The van der Waals surface area contributed by atoms with Crippen molar-refractivity contribution in [1.29, 1.82) is 0 Å². The Kier molecular flexibility index (Phi) is 8.95. The molecule has 3 rings (SSSR count). The summed E-state index contributed by atoms with van der Waals surface area (Å²) < 4.78 is 25.2. The lowest BCUT2D eigenvalue weighted by Gasteiger charge is -2.18. The summed E-state index contributed by atoms with van der Waals surface area (Å²) in [5.74, 6) is -1.81. The number of carbonyl (C=O) groups is 4. The Morgan fingerprint density at radius 1 is 0.629 bits per heavy atom. The Morgan fingerprint density at radius 3 is 1.57 bits per heavy atom. The summed E-state index contributed by atoms with van der Waals surface area (Å²) in [5, 5.41) is 0. The summed E-state index contributed by atoms with van der Waals surface area (Å²) in [6, 6.07) is 22.1. The Balaban J connectivity index is 1.62. The molecule has 0 aliphatic heterocycles. The van der Waals surface area contributed by atoms with Crippen LogP contribution in [0.4, 0.5) is 4.79 Å². The SMILES string of the molecule is COC(=O)Oc1ccc(C(=O)OCC(COC(=O)c2ccccc2)OC(=O)c2ccccc2)cc1. The summed E-state index contributed by atoms with van der Waals surface area (Å²) in [7, 11) is 1.17. The van der Waals surface area contributed by atoms with E-state index in [0.717, 1.165) is 0 Å². The van der Waals surface area contributed by atoms with Gasteiger partial charge in [-0.25, -0.2) is 19.2 Å². The number of carbonyl (C=O) groups excluding carboxylic acids is 4. The smallest absolute Gasteiger partial charge is 0.458 e. The van der Waals surface area contributed by atoms with E-state index in [-0.39, 0.29) is 24.5 Å². The van der Waals surface area contributed by atoms with Crippen molar-refractivity contribution in [3.05, 3.63) is 102 Å². The molecule has 0 N–H and O–H groups in total. The maximum absolute atomic E-state index is 12.5. The summed E-state index contributed by atoms with van der Waals surface area (Å²) in [6.07, 6.45) is -1.95. The van der Waals surface area contributed by atoms with Crippen molar-refractivity contribution < 1.29 is 42.9 Å². The summed E-state index contributed by atoms with van der Waals surface area (Å²) in [6.45, 7) is -0.689. The van der Waals surface area contributed by atoms with Crippen LogP contribution < -0.4 is 4.74 Å². The highest BCUT2D eigenvalue weighted by Gasteiger charge is 2.21. The van der Waals surface area contributed by atoms with Crippen molar-refractivity contribution in [2.75, 3.05) is 20.3 Å². The highest BCUT2D eigenvalue weighted by atomic mass is 16.7. The first-order chi connectivity index (χ1) is 17.0. The van der Waals surface area contributed by atoms with E-state index in [1.165, 1.54) is 31.4 Å².